The average molecular weight is 329 g/mol. The number of rotatable bonds is 5. The van der Waals surface area contributed by atoms with E-state index in [-0.39, 0.29) is 28.7 Å². The monoisotopic (exact) mass is 329 g/mol. The fourth-order valence-electron chi connectivity index (χ4n) is 2.16. The summed E-state index contributed by atoms with van der Waals surface area (Å²) in [4.78, 5) is 25.0. The van der Waals surface area contributed by atoms with Gasteiger partial charge in [-0.15, -0.1) is 0 Å². The summed E-state index contributed by atoms with van der Waals surface area (Å²) in [7, 11) is 1.36. The number of esters is 1. The molecular weight excluding hydrogens is 310 g/mol. The van der Waals surface area contributed by atoms with Gasteiger partial charge < -0.3 is 20.3 Å². The van der Waals surface area contributed by atoms with E-state index in [0.29, 0.717) is 11.3 Å². The molecule has 0 amide bonds. The Morgan fingerprint density at radius 3 is 2.25 bits per heavy atom. The minimum absolute atomic E-state index is 0.0279. The van der Waals surface area contributed by atoms with Crippen LogP contribution in [0.25, 0.3) is 0 Å². The second-order valence-corrected chi connectivity index (χ2v) is 5.47. The van der Waals surface area contributed by atoms with Crippen molar-refractivity contribution in [1.29, 1.82) is 0 Å². The van der Waals surface area contributed by atoms with Crippen molar-refractivity contribution in [2.24, 2.45) is 0 Å². The summed E-state index contributed by atoms with van der Waals surface area (Å²) in [6, 6.07) is 8.78. The second-order valence-electron chi connectivity index (χ2n) is 5.47. The standard InChI is InChI=1S/C18H19NO5/c1-10(2)24-18(22)14-9-16(23-3)15(20)8-13(14)17(21)11-4-6-12(19)7-5-11/h4-10,20H,19H2,1-3H3. The van der Waals surface area contributed by atoms with Gasteiger partial charge in [-0.25, -0.2) is 4.79 Å². The normalized spacial score (nSPS) is 10.5. The van der Waals surface area contributed by atoms with Crippen molar-refractivity contribution in [2.45, 2.75) is 20.0 Å². The number of carbonyl (C=O) groups excluding carboxylic acids is 2. The first-order valence-electron chi connectivity index (χ1n) is 7.35. The van der Waals surface area contributed by atoms with Crippen molar-refractivity contribution in [3.05, 3.63) is 53.1 Å². The van der Waals surface area contributed by atoms with E-state index in [4.69, 9.17) is 15.2 Å². The second kappa shape index (κ2) is 7.04. The lowest BCUT2D eigenvalue weighted by atomic mass is 9.97. The highest BCUT2D eigenvalue weighted by molar-refractivity contribution is 6.15. The van der Waals surface area contributed by atoms with E-state index in [0.717, 1.165) is 0 Å². The minimum atomic E-state index is -0.665. The topological polar surface area (TPSA) is 98.9 Å². The van der Waals surface area contributed by atoms with Crippen LogP contribution in [0.15, 0.2) is 36.4 Å². The van der Waals surface area contributed by atoms with E-state index in [2.05, 4.69) is 0 Å². The summed E-state index contributed by atoms with van der Waals surface area (Å²) in [6.45, 7) is 3.41. The Balaban J connectivity index is 2.54. The molecule has 2 rings (SSSR count). The highest BCUT2D eigenvalue weighted by Gasteiger charge is 2.23. The molecule has 6 nitrogen and oxygen atoms in total. The maximum Gasteiger partial charge on any atom is 0.339 e. The van der Waals surface area contributed by atoms with Gasteiger partial charge in [-0.1, -0.05) is 0 Å². The van der Waals surface area contributed by atoms with Crippen LogP contribution in [0.2, 0.25) is 0 Å². The molecule has 0 saturated heterocycles. The molecule has 0 aliphatic carbocycles. The van der Waals surface area contributed by atoms with Crippen LogP contribution in [-0.4, -0.2) is 30.1 Å². The quantitative estimate of drug-likeness (QED) is 0.497. The fraction of sp³-hybridized carbons (Fsp3) is 0.222. The zero-order valence-corrected chi connectivity index (χ0v) is 13.7. The molecule has 0 aliphatic rings. The van der Waals surface area contributed by atoms with Crippen LogP contribution in [0.1, 0.15) is 40.1 Å². The predicted octanol–water partition coefficient (Wildman–Crippen LogP) is 2.78. The van der Waals surface area contributed by atoms with Crippen molar-refractivity contribution in [1.82, 2.24) is 0 Å². The Morgan fingerprint density at radius 1 is 1.08 bits per heavy atom. The first-order chi connectivity index (χ1) is 11.3. The zero-order chi connectivity index (χ0) is 17.9. The predicted molar refractivity (Wildman–Crippen MR) is 89.5 cm³/mol. The number of nitrogens with two attached hydrogens (primary N) is 1. The molecule has 0 spiro atoms. The molecule has 0 saturated carbocycles. The number of phenols is 1. The fourth-order valence-corrected chi connectivity index (χ4v) is 2.16. The third-order valence-corrected chi connectivity index (χ3v) is 3.30. The van der Waals surface area contributed by atoms with Crippen LogP contribution in [-0.2, 0) is 4.74 Å². The Labute approximate surface area is 139 Å². The van der Waals surface area contributed by atoms with Gasteiger partial charge in [0, 0.05) is 16.8 Å². The number of methoxy groups -OCH3 is 1. The van der Waals surface area contributed by atoms with Gasteiger partial charge in [0.05, 0.1) is 18.8 Å². The van der Waals surface area contributed by atoms with Crippen molar-refractivity contribution in [3.8, 4) is 11.5 Å². The smallest absolute Gasteiger partial charge is 0.339 e. The van der Waals surface area contributed by atoms with Gasteiger partial charge in [-0.05, 0) is 50.2 Å². The number of hydrogen-bond acceptors (Lipinski definition) is 6. The van der Waals surface area contributed by atoms with Gasteiger partial charge in [0.15, 0.2) is 17.3 Å². The molecule has 0 radical (unpaired) electrons. The number of aromatic hydroxyl groups is 1. The molecule has 0 bridgehead atoms. The number of ether oxygens (including phenoxy) is 2. The number of nitrogen functional groups attached to an aromatic ring is 1. The molecule has 6 heteroatoms. The Hall–Kier alpha value is -3.02. The Kier molecular flexibility index (Phi) is 5.08. The van der Waals surface area contributed by atoms with Crippen LogP contribution in [0.3, 0.4) is 0 Å². The van der Waals surface area contributed by atoms with Crippen molar-refractivity contribution < 1.29 is 24.2 Å². The molecule has 24 heavy (non-hydrogen) atoms. The molecule has 0 aromatic heterocycles. The summed E-state index contributed by atoms with van der Waals surface area (Å²) in [6.07, 6.45) is -0.350. The summed E-state index contributed by atoms with van der Waals surface area (Å²) in [5, 5.41) is 9.97. The lowest BCUT2D eigenvalue weighted by Gasteiger charge is -2.14. The SMILES string of the molecule is COc1cc(C(=O)OC(C)C)c(C(=O)c2ccc(N)cc2)cc1O. The number of hydrogen-bond donors (Lipinski definition) is 2. The summed E-state index contributed by atoms with van der Waals surface area (Å²) in [5.41, 5.74) is 6.54. The van der Waals surface area contributed by atoms with E-state index in [9.17, 15) is 14.7 Å². The van der Waals surface area contributed by atoms with Gasteiger partial charge >= 0.3 is 5.97 Å². The maximum atomic E-state index is 12.7. The lowest BCUT2D eigenvalue weighted by molar-refractivity contribution is 0.0375. The number of phenolic OH excluding ortho intramolecular Hbond substituents is 1. The van der Waals surface area contributed by atoms with E-state index >= 15 is 0 Å². The lowest BCUT2D eigenvalue weighted by Crippen LogP contribution is -2.16. The van der Waals surface area contributed by atoms with E-state index < -0.39 is 11.8 Å². The summed E-state index contributed by atoms with van der Waals surface area (Å²) in [5.74, 6) is -1.25. The van der Waals surface area contributed by atoms with Crippen LogP contribution < -0.4 is 10.5 Å². The van der Waals surface area contributed by atoms with Crippen LogP contribution in [0.5, 0.6) is 11.5 Å². The highest BCUT2D eigenvalue weighted by atomic mass is 16.5. The average Bonchev–Trinajstić information content (AvgIpc) is 2.53. The maximum absolute atomic E-state index is 12.7. The third-order valence-electron chi connectivity index (χ3n) is 3.30. The highest BCUT2D eigenvalue weighted by Crippen LogP contribution is 2.31. The largest absolute Gasteiger partial charge is 0.504 e. The van der Waals surface area contributed by atoms with Crippen LogP contribution in [0.4, 0.5) is 5.69 Å². The molecule has 0 aliphatic heterocycles. The van der Waals surface area contributed by atoms with Crippen LogP contribution in [0, 0.1) is 0 Å². The van der Waals surface area contributed by atoms with E-state index in [1.807, 2.05) is 0 Å². The van der Waals surface area contributed by atoms with E-state index in [1.54, 1.807) is 38.1 Å². The van der Waals surface area contributed by atoms with Crippen molar-refractivity contribution in [3.63, 3.8) is 0 Å². The minimum Gasteiger partial charge on any atom is -0.504 e. The molecule has 3 N–H and O–H groups in total. The first kappa shape index (κ1) is 17.3. The van der Waals surface area contributed by atoms with Gasteiger partial charge in [-0.2, -0.15) is 0 Å². The van der Waals surface area contributed by atoms with Gasteiger partial charge in [0.1, 0.15) is 0 Å². The molecule has 2 aromatic carbocycles. The van der Waals surface area contributed by atoms with Gasteiger partial charge in [0.25, 0.3) is 0 Å². The van der Waals surface area contributed by atoms with Gasteiger partial charge in [0.2, 0.25) is 0 Å². The molecule has 0 unspecified atom stereocenters. The molecule has 0 fully saturated rings. The Morgan fingerprint density at radius 2 is 1.71 bits per heavy atom. The van der Waals surface area contributed by atoms with Crippen molar-refractivity contribution >= 4 is 17.4 Å². The number of anilines is 1. The van der Waals surface area contributed by atoms with E-state index in [1.165, 1.54) is 19.2 Å². The third kappa shape index (κ3) is 3.65. The number of ketones is 1. The zero-order valence-electron chi connectivity index (χ0n) is 13.7. The summed E-state index contributed by atoms with van der Waals surface area (Å²) >= 11 is 0. The number of benzene rings is 2. The molecule has 126 valence electrons. The molecule has 2 aromatic rings. The van der Waals surface area contributed by atoms with Crippen LogP contribution >= 0.6 is 0 Å². The molecular formula is C18H19NO5. The van der Waals surface area contributed by atoms with Gasteiger partial charge in [-0.3, -0.25) is 4.79 Å². The first-order valence-corrected chi connectivity index (χ1v) is 7.35. The molecule has 0 heterocycles. The summed E-state index contributed by atoms with van der Waals surface area (Å²) < 4.78 is 10.2. The number of carbonyl (C=O) groups is 2. The van der Waals surface area contributed by atoms with Crippen molar-refractivity contribution in [2.75, 3.05) is 12.8 Å². The molecule has 0 atom stereocenters. The Bertz CT molecular complexity index is 766.